The number of likely N-dealkylation sites (N-methyl/N-ethyl adjacent to an activating group) is 1. The summed E-state index contributed by atoms with van der Waals surface area (Å²) in [5.41, 5.74) is 3.48. The van der Waals surface area contributed by atoms with E-state index in [1.54, 1.807) is 0 Å². The Hall–Kier alpha value is -1.35. The minimum Gasteiger partial charge on any atom is -0.395 e. The van der Waals surface area contributed by atoms with Crippen molar-refractivity contribution >= 4 is 11.6 Å². The number of benzene rings is 2. The van der Waals surface area contributed by atoms with Crippen molar-refractivity contribution in [3.8, 4) is 11.1 Å². The summed E-state index contributed by atoms with van der Waals surface area (Å²) in [5, 5.41) is 10.7. The lowest BCUT2D eigenvalue weighted by Crippen LogP contribution is -2.36. The van der Waals surface area contributed by atoms with Gasteiger partial charge in [-0.25, -0.2) is 0 Å². The van der Waals surface area contributed by atoms with Crippen LogP contribution in [0.3, 0.4) is 0 Å². The first-order valence-electron chi connectivity index (χ1n) is 9.82. The van der Waals surface area contributed by atoms with E-state index in [4.69, 9.17) is 11.6 Å². The van der Waals surface area contributed by atoms with Crippen LogP contribution in [0.25, 0.3) is 11.1 Å². The van der Waals surface area contributed by atoms with Crippen LogP contribution < -0.4 is 0 Å². The molecule has 0 saturated heterocycles. The zero-order valence-corrected chi connectivity index (χ0v) is 16.5. The fourth-order valence-corrected chi connectivity index (χ4v) is 4.35. The summed E-state index contributed by atoms with van der Waals surface area (Å²) in [6.07, 6.45) is 7.87. The fourth-order valence-electron chi connectivity index (χ4n) is 4.10. The largest absolute Gasteiger partial charge is 0.395 e. The minimum absolute atomic E-state index is 0.241. The highest BCUT2D eigenvalue weighted by molar-refractivity contribution is 6.33. The average Bonchev–Trinajstić information content (AvgIpc) is 2.68. The minimum atomic E-state index is 0.241. The smallest absolute Gasteiger partial charge is 0.0586 e. The number of nitrogens with zero attached hydrogens (tertiary/aromatic N) is 1. The van der Waals surface area contributed by atoms with Crippen LogP contribution in [0.2, 0.25) is 5.02 Å². The lowest BCUT2D eigenvalue weighted by atomic mass is 9.84. The molecule has 0 bridgehead atoms. The first kappa shape index (κ1) is 19.4. The summed E-state index contributed by atoms with van der Waals surface area (Å²) in [5.74, 6) is 0.783. The van der Waals surface area contributed by atoms with Gasteiger partial charge in [-0.15, -0.1) is 0 Å². The maximum absolute atomic E-state index is 9.87. The summed E-state index contributed by atoms with van der Waals surface area (Å²) >= 11 is 6.30. The van der Waals surface area contributed by atoms with Crippen molar-refractivity contribution in [2.45, 2.75) is 51.1 Å². The van der Waals surface area contributed by atoms with Gasteiger partial charge in [0, 0.05) is 23.2 Å². The molecule has 0 spiro atoms. The van der Waals surface area contributed by atoms with Crippen LogP contribution >= 0.6 is 11.6 Å². The Morgan fingerprint density at radius 1 is 1.04 bits per heavy atom. The standard InChI is InChI=1S/C23H30ClNO/c1-25(21(17-26)15-18-7-3-2-4-8-18)16-19-11-13-20(14-12-19)22-9-5-6-10-23(22)24/h5-6,9-14,18,21,26H,2-4,7-8,15-17H2,1H3/t21-/m0/s1. The van der Waals surface area contributed by atoms with Crippen molar-refractivity contribution in [3.05, 3.63) is 59.1 Å². The van der Waals surface area contributed by atoms with E-state index in [0.29, 0.717) is 0 Å². The van der Waals surface area contributed by atoms with Gasteiger partial charge in [0.15, 0.2) is 0 Å². The Bertz CT molecular complexity index is 679. The zero-order valence-electron chi connectivity index (χ0n) is 15.7. The van der Waals surface area contributed by atoms with Crippen molar-refractivity contribution in [2.75, 3.05) is 13.7 Å². The summed E-state index contributed by atoms with van der Waals surface area (Å²) in [6.45, 7) is 1.10. The van der Waals surface area contributed by atoms with Crippen LogP contribution in [0.5, 0.6) is 0 Å². The maximum Gasteiger partial charge on any atom is 0.0586 e. The molecule has 1 N–H and O–H groups in total. The molecule has 1 aliphatic rings. The van der Waals surface area contributed by atoms with E-state index in [1.165, 1.54) is 37.7 Å². The van der Waals surface area contributed by atoms with E-state index in [-0.39, 0.29) is 12.6 Å². The Labute approximate surface area is 162 Å². The van der Waals surface area contributed by atoms with Gasteiger partial charge >= 0.3 is 0 Å². The molecular weight excluding hydrogens is 342 g/mol. The van der Waals surface area contributed by atoms with Crippen LogP contribution in [0.1, 0.15) is 44.1 Å². The molecule has 1 atom stereocenters. The number of aliphatic hydroxyl groups excluding tert-OH is 1. The van der Waals surface area contributed by atoms with E-state index in [2.05, 4.69) is 42.3 Å². The maximum atomic E-state index is 9.87. The molecule has 0 amide bonds. The summed E-state index contributed by atoms with van der Waals surface area (Å²) in [6, 6.07) is 16.8. The Balaban J connectivity index is 1.61. The van der Waals surface area contributed by atoms with Gasteiger partial charge in [-0.2, -0.15) is 0 Å². The SMILES string of the molecule is CN(Cc1ccc(-c2ccccc2Cl)cc1)[C@H](CO)CC1CCCCC1. The molecule has 0 unspecified atom stereocenters. The second kappa shape index (κ2) is 9.55. The summed E-state index contributed by atoms with van der Waals surface area (Å²) in [7, 11) is 2.13. The average molecular weight is 372 g/mol. The molecule has 2 aromatic rings. The lowest BCUT2D eigenvalue weighted by molar-refractivity contribution is 0.112. The highest BCUT2D eigenvalue weighted by Crippen LogP contribution is 2.30. The van der Waals surface area contributed by atoms with E-state index in [0.717, 1.165) is 35.0 Å². The van der Waals surface area contributed by atoms with Gasteiger partial charge in [0.2, 0.25) is 0 Å². The van der Waals surface area contributed by atoms with E-state index in [1.807, 2.05) is 18.2 Å². The van der Waals surface area contributed by atoms with Crippen molar-refractivity contribution in [2.24, 2.45) is 5.92 Å². The van der Waals surface area contributed by atoms with Gasteiger partial charge in [0.1, 0.15) is 0 Å². The molecule has 2 nitrogen and oxygen atoms in total. The van der Waals surface area contributed by atoms with Gasteiger partial charge in [0.05, 0.1) is 6.61 Å². The molecule has 26 heavy (non-hydrogen) atoms. The molecule has 1 aliphatic carbocycles. The normalized spacial score (nSPS) is 16.8. The number of hydrogen-bond donors (Lipinski definition) is 1. The molecule has 0 aromatic heterocycles. The van der Waals surface area contributed by atoms with Gasteiger partial charge in [-0.3, -0.25) is 4.90 Å². The highest BCUT2D eigenvalue weighted by Gasteiger charge is 2.21. The molecule has 3 rings (SSSR count). The van der Waals surface area contributed by atoms with Gasteiger partial charge in [-0.05, 0) is 36.6 Å². The van der Waals surface area contributed by atoms with Crippen molar-refractivity contribution < 1.29 is 5.11 Å². The Morgan fingerprint density at radius 2 is 1.73 bits per heavy atom. The predicted molar refractivity (Wildman–Crippen MR) is 110 cm³/mol. The molecular formula is C23H30ClNO. The Morgan fingerprint density at radius 3 is 2.38 bits per heavy atom. The summed E-state index contributed by atoms with van der Waals surface area (Å²) < 4.78 is 0. The number of hydrogen-bond acceptors (Lipinski definition) is 2. The van der Waals surface area contributed by atoms with Crippen LogP contribution in [-0.2, 0) is 6.54 Å². The van der Waals surface area contributed by atoms with Crippen molar-refractivity contribution in [3.63, 3.8) is 0 Å². The molecule has 3 heteroatoms. The molecule has 140 valence electrons. The second-order valence-electron chi connectivity index (χ2n) is 7.67. The number of rotatable bonds is 7. The summed E-state index contributed by atoms with van der Waals surface area (Å²) in [4.78, 5) is 2.30. The molecule has 2 aromatic carbocycles. The molecule has 0 radical (unpaired) electrons. The second-order valence-corrected chi connectivity index (χ2v) is 8.08. The van der Waals surface area contributed by atoms with Crippen molar-refractivity contribution in [1.29, 1.82) is 0 Å². The molecule has 0 aliphatic heterocycles. The predicted octanol–water partition coefficient (Wildman–Crippen LogP) is 5.77. The number of halogens is 1. The van der Waals surface area contributed by atoms with Gasteiger partial charge in [0.25, 0.3) is 0 Å². The molecule has 1 fully saturated rings. The quantitative estimate of drug-likeness (QED) is 0.667. The third-order valence-corrected chi connectivity index (χ3v) is 6.06. The molecule has 1 saturated carbocycles. The van der Waals surface area contributed by atoms with Crippen LogP contribution in [0.4, 0.5) is 0 Å². The molecule has 0 heterocycles. The van der Waals surface area contributed by atoms with E-state index in [9.17, 15) is 5.11 Å². The van der Waals surface area contributed by atoms with Gasteiger partial charge < -0.3 is 5.11 Å². The Kier molecular flexibility index (Phi) is 7.13. The van der Waals surface area contributed by atoms with E-state index < -0.39 is 0 Å². The third-order valence-electron chi connectivity index (χ3n) is 5.74. The number of aliphatic hydroxyl groups is 1. The first-order valence-corrected chi connectivity index (χ1v) is 10.2. The fraction of sp³-hybridized carbons (Fsp3) is 0.478. The van der Waals surface area contributed by atoms with Crippen LogP contribution in [0, 0.1) is 5.92 Å². The van der Waals surface area contributed by atoms with Crippen LogP contribution in [0.15, 0.2) is 48.5 Å². The zero-order chi connectivity index (χ0) is 18.4. The van der Waals surface area contributed by atoms with Crippen LogP contribution in [-0.4, -0.2) is 29.7 Å². The first-order chi connectivity index (χ1) is 12.7. The topological polar surface area (TPSA) is 23.5 Å². The van der Waals surface area contributed by atoms with Crippen molar-refractivity contribution in [1.82, 2.24) is 4.90 Å². The highest BCUT2D eigenvalue weighted by atomic mass is 35.5. The van der Waals surface area contributed by atoms with E-state index >= 15 is 0 Å². The third kappa shape index (κ3) is 5.09. The monoisotopic (exact) mass is 371 g/mol. The lowest BCUT2D eigenvalue weighted by Gasteiger charge is -2.31. The van der Waals surface area contributed by atoms with Gasteiger partial charge in [-0.1, -0.05) is 86.2 Å².